The fourth-order valence-corrected chi connectivity index (χ4v) is 8.94. The van der Waals surface area contributed by atoms with Crippen molar-refractivity contribution in [2.45, 2.75) is 26.3 Å². The summed E-state index contributed by atoms with van der Waals surface area (Å²) in [7, 11) is -3.24. The molecule has 0 amide bonds. The van der Waals surface area contributed by atoms with Gasteiger partial charge in [0.1, 0.15) is 11.8 Å². The Morgan fingerprint density at radius 2 is 1.25 bits per heavy atom. The number of phenolic OH excluding ortho intramolecular Hbond substituents is 1. The first-order valence-electron chi connectivity index (χ1n) is 13.6. The van der Waals surface area contributed by atoms with E-state index in [1.807, 2.05) is 121 Å². The SMILES string of the molecule is CC(C)C[C@H](N=Cc1c(O)ccc2ccccc12)C(=O)O[Si](c1ccccc1)(c1ccccc1)c1ccccc1. The van der Waals surface area contributed by atoms with Crippen LogP contribution < -0.4 is 15.6 Å². The van der Waals surface area contributed by atoms with Crippen molar-refractivity contribution in [1.29, 1.82) is 0 Å². The minimum Gasteiger partial charge on any atom is -0.507 e. The quantitative estimate of drug-likeness (QED) is 0.150. The summed E-state index contributed by atoms with van der Waals surface area (Å²) in [4.78, 5) is 19.0. The number of fused-ring (bicyclic) bond motifs is 1. The van der Waals surface area contributed by atoms with Gasteiger partial charge < -0.3 is 9.53 Å². The van der Waals surface area contributed by atoms with E-state index >= 15 is 0 Å². The number of phenols is 1. The second-order valence-electron chi connectivity index (χ2n) is 10.3. The van der Waals surface area contributed by atoms with Gasteiger partial charge in [0.05, 0.1) is 0 Å². The molecule has 0 aliphatic heterocycles. The highest BCUT2D eigenvalue weighted by atomic mass is 28.4. The van der Waals surface area contributed by atoms with Crippen LogP contribution in [0, 0.1) is 5.92 Å². The maximum absolute atomic E-state index is 14.2. The third kappa shape index (κ3) is 5.60. The van der Waals surface area contributed by atoms with Gasteiger partial charge in [0.15, 0.2) is 0 Å². The average molecular weight is 544 g/mol. The predicted octanol–water partition coefficient (Wildman–Crippen LogP) is 5.59. The van der Waals surface area contributed by atoms with E-state index < -0.39 is 14.4 Å². The molecule has 0 radical (unpaired) electrons. The summed E-state index contributed by atoms with van der Waals surface area (Å²) >= 11 is 0. The van der Waals surface area contributed by atoms with E-state index in [2.05, 4.69) is 13.8 Å². The average Bonchev–Trinajstić information content (AvgIpc) is 2.99. The summed E-state index contributed by atoms with van der Waals surface area (Å²) < 4.78 is 6.79. The van der Waals surface area contributed by atoms with E-state index in [1.54, 1.807) is 12.3 Å². The molecule has 0 unspecified atom stereocenters. The Kier molecular flexibility index (Phi) is 8.22. The van der Waals surface area contributed by atoms with E-state index in [0.29, 0.717) is 12.0 Å². The molecule has 0 fully saturated rings. The highest BCUT2D eigenvalue weighted by Gasteiger charge is 2.46. The number of carbonyl (C=O) groups excluding carboxylic acids is 1. The van der Waals surface area contributed by atoms with Crippen molar-refractivity contribution in [3.8, 4) is 5.75 Å². The lowest BCUT2D eigenvalue weighted by molar-refractivity contribution is -0.136. The van der Waals surface area contributed by atoms with Crippen LogP contribution in [0.1, 0.15) is 25.8 Å². The van der Waals surface area contributed by atoms with E-state index in [4.69, 9.17) is 9.42 Å². The topological polar surface area (TPSA) is 58.9 Å². The van der Waals surface area contributed by atoms with Gasteiger partial charge >= 0.3 is 14.3 Å². The molecule has 5 heteroatoms. The Bertz CT molecular complexity index is 1510. The molecule has 0 heterocycles. The van der Waals surface area contributed by atoms with Crippen molar-refractivity contribution in [2.24, 2.45) is 10.9 Å². The predicted molar refractivity (Wildman–Crippen MR) is 167 cm³/mol. The molecule has 1 atom stereocenters. The summed E-state index contributed by atoms with van der Waals surface area (Å²) in [5.74, 6) is -0.0364. The standard InChI is InChI=1S/C35H33NO3Si/c1-26(2)24-33(36-25-32-31-21-13-12-14-27(31)22-23-34(32)37)35(38)39-40(28-15-6-3-7-16-28,29-17-8-4-9-18-29)30-19-10-5-11-20-30/h3-23,25-26,33,37H,24H2,1-2H3/t33-/m0/s1. The molecule has 4 nitrogen and oxygen atoms in total. The molecular formula is C35H33NO3Si. The Hall–Kier alpha value is -4.48. The maximum Gasteiger partial charge on any atom is 0.350 e. The van der Waals surface area contributed by atoms with Gasteiger partial charge in [-0.25, -0.2) is 0 Å². The van der Waals surface area contributed by atoms with E-state index in [0.717, 1.165) is 26.3 Å². The highest BCUT2D eigenvalue weighted by Crippen LogP contribution is 2.26. The number of rotatable bonds is 9. The molecule has 0 spiro atoms. The fraction of sp³-hybridized carbons (Fsp3) is 0.143. The zero-order valence-electron chi connectivity index (χ0n) is 22.8. The largest absolute Gasteiger partial charge is 0.507 e. The number of nitrogens with zero attached hydrogens (tertiary/aromatic N) is 1. The Morgan fingerprint density at radius 1 is 0.750 bits per heavy atom. The lowest BCUT2D eigenvalue weighted by Crippen LogP contribution is -2.70. The normalized spacial score (nSPS) is 12.6. The molecule has 1 N–H and O–H groups in total. The van der Waals surface area contributed by atoms with Gasteiger partial charge in [-0.15, -0.1) is 0 Å². The Labute approximate surface area is 236 Å². The minimum absolute atomic E-state index is 0.126. The van der Waals surface area contributed by atoms with E-state index in [1.165, 1.54) is 0 Å². The first kappa shape index (κ1) is 27.1. The zero-order chi connectivity index (χ0) is 28.0. The van der Waals surface area contributed by atoms with Gasteiger partial charge in [0, 0.05) is 11.8 Å². The molecule has 5 aromatic rings. The molecule has 0 saturated carbocycles. The molecule has 40 heavy (non-hydrogen) atoms. The Morgan fingerprint density at radius 3 is 1.77 bits per heavy atom. The van der Waals surface area contributed by atoms with Gasteiger partial charge in [-0.1, -0.05) is 135 Å². The van der Waals surface area contributed by atoms with Gasteiger partial charge in [-0.3, -0.25) is 9.79 Å². The monoisotopic (exact) mass is 543 g/mol. The van der Waals surface area contributed by atoms with Crippen molar-refractivity contribution >= 4 is 46.8 Å². The first-order chi connectivity index (χ1) is 19.5. The summed E-state index contributed by atoms with van der Waals surface area (Å²) in [6.07, 6.45) is 2.15. The molecule has 0 aliphatic rings. The molecular weight excluding hydrogens is 510 g/mol. The van der Waals surface area contributed by atoms with Crippen LogP contribution in [0.4, 0.5) is 0 Å². The van der Waals surface area contributed by atoms with Gasteiger partial charge in [0.25, 0.3) is 0 Å². The van der Waals surface area contributed by atoms with Crippen LogP contribution in [-0.2, 0) is 9.22 Å². The van der Waals surface area contributed by atoms with Crippen LogP contribution >= 0.6 is 0 Å². The number of aliphatic imine (C=N–C) groups is 1. The third-order valence-electron chi connectivity index (χ3n) is 7.09. The lowest BCUT2D eigenvalue weighted by atomic mass is 10.0. The van der Waals surface area contributed by atoms with Crippen LogP contribution in [0.2, 0.25) is 0 Å². The molecule has 5 rings (SSSR count). The van der Waals surface area contributed by atoms with Crippen LogP contribution in [0.25, 0.3) is 10.8 Å². The number of carbonyl (C=O) groups is 1. The first-order valence-corrected chi connectivity index (χ1v) is 15.5. The summed E-state index contributed by atoms with van der Waals surface area (Å²) in [5.41, 5.74) is 0.595. The molecule has 0 aromatic heterocycles. The van der Waals surface area contributed by atoms with E-state index in [9.17, 15) is 9.90 Å². The molecule has 5 aromatic carbocycles. The second-order valence-corrected chi connectivity index (χ2v) is 13.6. The second kappa shape index (κ2) is 12.1. The lowest BCUT2D eigenvalue weighted by Gasteiger charge is -2.33. The maximum atomic E-state index is 14.2. The van der Waals surface area contributed by atoms with Crippen molar-refractivity contribution in [3.63, 3.8) is 0 Å². The number of benzene rings is 5. The number of hydrogen-bond donors (Lipinski definition) is 1. The summed E-state index contributed by atoms with van der Waals surface area (Å²) in [6, 6.07) is 40.8. The Balaban J connectivity index is 1.61. The third-order valence-corrected chi connectivity index (χ3v) is 11.0. The van der Waals surface area contributed by atoms with Crippen LogP contribution in [0.5, 0.6) is 5.75 Å². The van der Waals surface area contributed by atoms with Crippen molar-refractivity contribution in [1.82, 2.24) is 0 Å². The van der Waals surface area contributed by atoms with Crippen LogP contribution in [-0.4, -0.2) is 31.6 Å². The molecule has 0 aliphatic carbocycles. The van der Waals surface area contributed by atoms with Crippen LogP contribution in [0.15, 0.2) is 132 Å². The van der Waals surface area contributed by atoms with Crippen molar-refractivity contribution in [2.75, 3.05) is 0 Å². The van der Waals surface area contributed by atoms with Gasteiger partial charge in [0.2, 0.25) is 0 Å². The van der Waals surface area contributed by atoms with Crippen molar-refractivity contribution < 1.29 is 14.3 Å². The smallest absolute Gasteiger partial charge is 0.350 e. The zero-order valence-corrected chi connectivity index (χ0v) is 23.8. The number of hydrogen-bond acceptors (Lipinski definition) is 4. The van der Waals surface area contributed by atoms with Gasteiger partial charge in [-0.05, 0) is 44.7 Å². The highest BCUT2D eigenvalue weighted by molar-refractivity contribution is 7.07. The fourth-order valence-electron chi connectivity index (χ4n) is 5.16. The summed E-state index contributed by atoms with van der Waals surface area (Å²) in [6.45, 7) is 4.14. The molecule has 200 valence electrons. The molecule has 0 bridgehead atoms. The van der Waals surface area contributed by atoms with Crippen LogP contribution in [0.3, 0.4) is 0 Å². The number of aromatic hydroxyl groups is 1. The summed E-state index contributed by atoms with van der Waals surface area (Å²) in [5, 5.41) is 15.5. The molecule has 0 saturated heterocycles. The van der Waals surface area contributed by atoms with Crippen molar-refractivity contribution in [3.05, 3.63) is 133 Å². The minimum atomic E-state index is -3.24. The van der Waals surface area contributed by atoms with Gasteiger partial charge in [-0.2, -0.15) is 0 Å². The van der Waals surface area contributed by atoms with E-state index in [-0.39, 0.29) is 17.6 Å².